The van der Waals surface area contributed by atoms with Gasteiger partial charge in [-0.15, -0.1) is 0 Å². The highest BCUT2D eigenvalue weighted by molar-refractivity contribution is 5.87. The van der Waals surface area contributed by atoms with Crippen molar-refractivity contribution in [2.45, 2.75) is 19.7 Å². The number of aromatic nitrogens is 1. The second-order valence-electron chi connectivity index (χ2n) is 9.46. The molecule has 0 amide bonds. The second kappa shape index (κ2) is 12.9. The van der Waals surface area contributed by atoms with Crippen LogP contribution in [0.5, 0.6) is 11.5 Å². The van der Waals surface area contributed by atoms with Crippen molar-refractivity contribution in [3.05, 3.63) is 113 Å². The molecule has 0 aliphatic rings. The standard InChI is InChI=1S/C33H32N4O3/c1-39-33-29(27-10-9-26-12-13-36-31(26)18-27)6-3-7-30(33)37-20-24-8-11-32(28(17-24)21-35-14-15-38)40-22-25-5-2-4-23(16-25)19-34/h2-13,16-18,35-38H,14-15,20-22H2,1H3. The highest BCUT2D eigenvalue weighted by atomic mass is 16.5. The fraction of sp³-hybridized carbons (Fsp3) is 0.182. The number of aliphatic hydroxyl groups is 1. The van der Waals surface area contributed by atoms with Crippen molar-refractivity contribution in [2.75, 3.05) is 25.6 Å². The number of nitrogens with one attached hydrogen (secondary N) is 3. The number of para-hydroxylation sites is 1. The Morgan fingerprint density at radius 2 is 1.82 bits per heavy atom. The summed E-state index contributed by atoms with van der Waals surface area (Å²) < 4.78 is 12.0. The Kier molecular flexibility index (Phi) is 8.62. The molecule has 0 aliphatic carbocycles. The quantitative estimate of drug-likeness (QED) is 0.147. The van der Waals surface area contributed by atoms with Gasteiger partial charge < -0.3 is 30.2 Å². The topological polar surface area (TPSA) is 102 Å². The largest absolute Gasteiger partial charge is 0.494 e. The first-order valence-electron chi connectivity index (χ1n) is 13.2. The first-order chi connectivity index (χ1) is 19.7. The van der Waals surface area contributed by atoms with Crippen molar-refractivity contribution in [3.63, 3.8) is 0 Å². The zero-order valence-electron chi connectivity index (χ0n) is 22.4. The molecule has 5 rings (SSSR count). The van der Waals surface area contributed by atoms with E-state index in [1.54, 1.807) is 13.2 Å². The van der Waals surface area contributed by atoms with E-state index in [1.165, 1.54) is 5.39 Å². The molecular weight excluding hydrogens is 500 g/mol. The summed E-state index contributed by atoms with van der Waals surface area (Å²) in [5.74, 6) is 1.55. The van der Waals surface area contributed by atoms with Gasteiger partial charge >= 0.3 is 0 Å². The van der Waals surface area contributed by atoms with Crippen molar-refractivity contribution in [1.29, 1.82) is 5.26 Å². The zero-order valence-corrected chi connectivity index (χ0v) is 22.4. The fourth-order valence-electron chi connectivity index (χ4n) is 4.75. The Labute approximate surface area is 234 Å². The van der Waals surface area contributed by atoms with Gasteiger partial charge in [0, 0.05) is 42.5 Å². The number of methoxy groups -OCH3 is 1. The van der Waals surface area contributed by atoms with Crippen LogP contribution in [0.15, 0.2) is 91.1 Å². The SMILES string of the molecule is COc1c(NCc2ccc(OCc3cccc(C#N)c3)c(CNCCO)c2)cccc1-c1ccc2cc[nH]c2c1. The summed E-state index contributed by atoms with van der Waals surface area (Å²) in [6.07, 6.45) is 1.94. The van der Waals surface area contributed by atoms with Gasteiger partial charge in [-0.1, -0.05) is 42.5 Å². The molecule has 0 atom stereocenters. The molecule has 0 spiro atoms. The highest BCUT2D eigenvalue weighted by Crippen LogP contribution is 2.37. The lowest BCUT2D eigenvalue weighted by molar-refractivity contribution is 0.288. The molecule has 7 heteroatoms. The Balaban J connectivity index is 1.34. The Morgan fingerprint density at radius 3 is 2.67 bits per heavy atom. The van der Waals surface area contributed by atoms with Crippen molar-refractivity contribution in [1.82, 2.24) is 10.3 Å². The van der Waals surface area contributed by atoms with Crippen molar-refractivity contribution >= 4 is 16.6 Å². The molecule has 1 heterocycles. The number of hydrogen-bond acceptors (Lipinski definition) is 6. The van der Waals surface area contributed by atoms with Crippen LogP contribution in [0.1, 0.15) is 22.3 Å². The summed E-state index contributed by atoms with van der Waals surface area (Å²) in [5, 5.41) is 26.4. The van der Waals surface area contributed by atoms with Gasteiger partial charge in [0.25, 0.3) is 0 Å². The van der Waals surface area contributed by atoms with Crippen LogP contribution in [0.25, 0.3) is 22.0 Å². The summed E-state index contributed by atoms with van der Waals surface area (Å²) in [6.45, 7) is 2.06. The summed E-state index contributed by atoms with van der Waals surface area (Å²) in [4.78, 5) is 3.28. The number of aliphatic hydroxyl groups excluding tert-OH is 1. The van der Waals surface area contributed by atoms with Crippen LogP contribution in [0.4, 0.5) is 5.69 Å². The molecule has 0 fully saturated rings. The van der Waals surface area contributed by atoms with E-state index in [2.05, 4.69) is 58.1 Å². The van der Waals surface area contributed by atoms with Crippen LogP contribution in [-0.2, 0) is 19.7 Å². The molecule has 7 nitrogen and oxygen atoms in total. The van der Waals surface area contributed by atoms with Gasteiger partial charge in [0.15, 0.2) is 0 Å². The Morgan fingerprint density at radius 1 is 0.925 bits per heavy atom. The number of aromatic amines is 1. The molecule has 0 saturated carbocycles. The number of ether oxygens (including phenoxy) is 2. The summed E-state index contributed by atoms with van der Waals surface area (Å²) in [5.41, 5.74) is 7.70. The summed E-state index contributed by atoms with van der Waals surface area (Å²) in [6, 6.07) is 30.2. The first kappa shape index (κ1) is 26.8. The van der Waals surface area contributed by atoms with E-state index in [-0.39, 0.29) is 6.61 Å². The van der Waals surface area contributed by atoms with Crippen LogP contribution < -0.4 is 20.1 Å². The van der Waals surface area contributed by atoms with Gasteiger partial charge in [0.05, 0.1) is 31.0 Å². The minimum absolute atomic E-state index is 0.0608. The van der Waals surface area contributed by atoms with Crippen LogP contribution in [0, 0.1) is 11.3 Å². The average Bonchev–Trinajstić information content (AvgIpc) is 3.47. The van der Waals surface area contributed by atoms with Gasteiger partial charge in [-0.2, -0.15) is 5.26 Å². The third-order valence-electron chi connectivity index (χ3n) is 6.75. The maximum atomic E-state index is 9.23. The van der Waals surface area contributed by atoms with Gasteiger partial charge in [0.1, 0.15) is 18.1 Å². The van der Waals surface area contributed by atoms with Crippen molar-refractivity contribution in [3.8, 4) is 28.7 Å². The van der Waals surface area contributed by atoms with Crippen LogP contribution in [0.2, 0.25) is 0 Å². The molecule has 0 unspecified atom stereocenters. The monoisotopic (exact) mass is 532 g/mol. The molecule has 0 aliphatic heterocycles. The number of anilines is 1. The van der Waals surface area contributed by atoms with Gasteiger partial charge in [-0.25, -0.2) is 0 Å². The summed E-state index contributed by atoms with van der Waals surface area (Å²) >= 11 is 0. The number of fused-ring (bicyclic) bond motifs is 1. The molecule has 0 saturated heterocycles. The number of nitrogens with zero attached hydrogens (tertiary/aromatic N) is 1. The molecule has 1 aromatic heterocycles. The molecule has 0 radical (unpaired) electrons. The summed E-state index contributed by atoms with van der Waals surface area (Å²) in [7, 11) is 1.70. The molecule has 4 N–H and O–H groups in total. The number of H-pyrrole nitrogens is 1. The predicted molar refractivity (Wildman–Crippen MR) is 158 cm³/mol. The Bertz CT molecular complexity index is 1640. The van der Waals surface area contributed by atoms with E-state index >= 15 is 0 Å². The number of hydrogen-bond donors (Lipinski definition) is 4. The van der Waals surface area contributed by atoms with Crippen LogP contribution in [0.3, 0.4) is 0 Å². The maximum absolute atomic E-state index is 9.23. The molecule has 40 heavy (non-hydrogen) atoms. The minimum Gasteiger partial charge on any atom is -0.494 e. The number of nitriles is 1. The predicted octanol–water partition coefficient (Wildman–Crippen LogP) is 5.99. The van der Waals surface area contributed by atoms with E-state index < -0.39 is 0 Å². The van der Waals surface area contributed by atoms with Crippen LogP contribution in [-0.4, -0.2) is 30.4 Å². The molecule has 0 bridgehead atoms. The Hall–Kier alpha value is -4.77. The van der Waals surface area contributed by atoms with E-state index in [4.69, 9.17) is 9.47 Å². The van der Waals surface area contributed by atoms with E-state index in [1.807, 2.05) is 48.7 Å². The minimum atomic E-state index is 0.0608. The normalized spacial score (nSPS) is 10.8. The maximum Gasteiger partial charge on any atom is 0.149 e. The van der Waals surface area contributed by atoms with E-state index in [9.17, 15) is 10.4 Å². The third kappa shape index (κ3) is 6.26. The van der Waals surface area contributed by atoms with E-state index in [0.29, 0.717) is 31.8 Å². The number of rotatable bonds is 12. The zero-order chi connectivity index (χ0) is 27.7. The third-order valence-corrected chi connectivity index (χ3v) is 6.75. The van der Waals surface area contributed by atoms with Crippen molar-refractivity contribution < 1.29 is 14.6 Å². The molecular formula is C33H32N4O3. The average molecular weight is 533 g/mol. The molecule has 4 aromatic carbocycles. The van der Waals surface area contributed by atoms with Crippen molar-refractivity contribution in [2.24, 2.45) is 0 Å². The second-order valence-corrected chi connectivity index (χ2v) is 9.46. The van der Waals surface area contributed by atoms with Gasteiger partial charge in [0.2, 0.25) is 0 Å². The number of benzene rings is 4. The van der Waals surface area contributed by atoms with E-state index in [0.717, 1.165) is 50.5 Å². The smallest absolute Gasteiger partial charge is 0.149 e. The fourth-order valence-corrected chi connectivity index (χ4v) is 4.75. The first-order valence-corrected chi connectivity index (χ1v) is 13.2. The highest BCUT2D eigenvalue weighted by Gasteiger charge is 2.13. The van der Waals surface area contributed by atoms with Gasteiger partial charge in [-0.05, 0) is 64.5 Å². The van der Waals surface area contributed by atoms with Gasteiger partial charge in [-0.3, -0.25) is 0 Å². The van der Waals surface area contributed by atoms with Crippen LogP contribution >= 0.6 is 0 Å². The lowest BCUT2D eigenvalue weighted by atomic mass is 10.0. The molecule has 202 valence electrons. The molecule has 5 aromatic rings. The lowest BCUT2D eigenvalue weighted by Gasteiger charge is -2.17. The lowest BCUT2D eigenvalue weighted by Crippen LogP contribution is -2.18.